The number of carbonyl (C=O) groups is 1. The van der Waals surface area contributed by atoms with E-state index >= 15 is 0 Å². The molecule has 2 atom stereocenters. The molecule has 2 aliphatic heterocycles. The standard InChI is InChI=1S/C11H20N2O/c1-8(2)11(14)13-6-9-4-3-5-12-10(9)7-13/h8-10,12H,3-7H2,1-2H3/t9-,10+/m1/s1. The van der Waals surface area contributed by atoms with Crippen molar-refractivity contribution in [3.8, 4) is 0 Å². The van der Waals surface area contributed by atoms with Crippen LogP contribution in [0.15, 0.2) is 0 Å². The smallest absolute Gasteiger partial charge is 0.225 e. The fraction of sp³-hybridized carbons (Fsp3) is 0.909. The first-order valence-electron chi connectivity index (χ1n) is 5.70. The number of rotatable bonds is 1. The van der Waals surface area contributed by atoms with E-state index in [-0.39, 0.29) is 5.92 Å². The first kappa shape index (κ1) is 9.97. The average molecular weight is 196 g/mol. The number of nitrogens with zero attached hydrogens (tertiary/aromatic N) is 1. The summed E-state index contributed by atoms with van der Waals surface area (Å²) in [7, 11) is 0. The molecule has 2 saturated heterocycles. The molecule has 1 N–H and O–H groups in total. The summed E-state index contributed by atoms with van der Waals surface area (Å²) in [6.07, 6.45) is 2.56. The number of piperidine rings is 1. The Balaban J connectivity index is 1.95. The van der Waals surface area contributed by atoms with Gasteiger partial charge in [0, 0.05) is 25.0 Å². The van der Waals surface area contributed by atoms with E-state index in [0.717, 1.165) is 19.6 Å². The summed E-state index contributed by atoms with van der Waals surface area (Å²) in [5.74, 6) is 1.18. The Labute approximate surface area is 85.8 Å². The van der Waals surface area contributed by atoms with Gasteiger partial charge in [-0.15, -0.1) is 0 Å². The maximum absolute atomic E-state index is 11.8. The largest absolute Gasteiger partial charge is 0.341 e. The molecule has 3 heteroatoms. The van der Waals surface area contributed by atoms with Gasteiger partial charge in [0.1, 0.15) is 0 Å². The molecule has 0 bridgehead atoms. The molecular weight excluding hydrogens is 176 g/mol. The number of amides is 1. The molecule has 80 valence electrons. The predicted molar refractivity (Wildman–Crippen MR) is 55.9 cm³/mol. The number of nitrogens with one attached hydrogen (secondary N) is 1. The van der Waals surface area contributed by atoms with Crippen LogP contribution in [0.1, 0.15) is 26.7 Å². The Morgan fingerprint density at radius 2 is 2.21 bits per heavy atom. The van der Waals surface area contributed by atoms with Crippen LogP contribution in [0.3, 0.4) is 0 Å². The van der Waals surface area contributed by atoms with Crippen molar-refractivity contribution in [2.75, 3.05) is 19.6 Å². The summed E-state index contributed by atoms with van der Waals surface area (Å²) in [6.45, 7) is 7.01. The fourth-order valence-electron chi connectivity index (χ4n) is 2.59. The van der Waals surface area contributed by atoms with Crippen LogP contribution in [0.5, 0.6) is 0 Å². The van der Waals surface area contributed by atoms with Crippen molar-refractivity contribution in [2.45, 2.75) is 32.7 Å². The van der Waals surface area contributed by atoms with E-state index in [1.165, 1.54) is 12.8 Å². The molecule has 3 nitrogen and oxygen atoms in total. The third-order valence-electron chi connectivity index (χ3n) is 3.40. The third-order valence-corrected chi connectivity index (χ3v) is 3.40. The highest BCUT2D eigenvalue weighted by Crippen LogP contribution is 2.25. The highest BCUT2D eigenvalue weighted by atomic mass is 16.2. The first-order chi connectivity index (χ1) is 6.68. The number of carbonyl (C=O) groups excluding carboxylic acids is 1. The summed E-state index contributed by atoms with van der Waals surface area (Å²) < 4.78 is 0. The highest BCUT2D eigenvalue weighted by molar-refractivity contribution is 5.78. The van der Waals surface area contributed by atoms with Crippen molar-refractivity contribution in [1.29, 1.82) is 0 Å². The van der Waals surface area contributed by atoms with Crippen LogP contribution in [0.2, 0.25) is 0 Å². The van der Waals surface area contributed by atoms with Crippen molar-refractivity contribution in [1.82, 2.24) is 10.2 Å². The highest BCUT2D eigenvalue weighted by Gasteiger charge is 2.36. The number of fused-ring (bicyclic) bond motifs is 1. The SMILES string of the molecule is CC(C)C(=O)N1C[C@H]2CCCN[C@H]2C1. The number of likely N-dealkylation sites (tertiary alicyclic amines) is 1. The fourth-order valence-corrected chi connectivity index (χ4v) is 2.59. The Morgan fingerprint density at radius 3 is 2.86 bits per heavy atom. The molecule has 14 heavy (non-hydrogen) atoms. The molecule has 2 fully saturated rings. The lowest BCUT2D eigenvalue weighted by molar-refractivity contribution is -0.133. The summed E-state index contributed by atoms with van der Waals surface area (Å²) in [5.41, 5.74) is 0. The van der Waals surface area contributed by atoms with Crippen LogP contribution in [0.4, 0.5) is 0 Å². The molecule has 0 spiro atoms. The van der Waals surface area contributed by atoms with Crippen LogP contribution < -0.4 is 5.32 Å². The Hall–Kier alpha value is -0.570. The lowest BCUT2D eigenvalue weighted by Gasteiger charge is -2.24. The molecule has 1 amide bonds. The van der Waals surface area contributed by atoms with Crippen molar-refractivity contribution in [2.24, 2.45) is 11.8 Å². The maximum Gasteiger partial charge on any atom is 0.225 e. The number of hydrogen-bond donors (Lipinski definition) is 1. The normalized spacial score (nSPS) is 32.1. The van der Waals surface area contributed by atoms with Crippen molar-refractivity contribution < 1.29 is 4.79 Å². The summed E-state index contributed by atoms with van der Waals surface area (Å²) in [4.78, 5) is 13.8. The van der Waals surface area contributed by atoms with Crippen LogP contribution >= 0.6 is 0 Å². The van der Waals surface area contributed by atoms with Gasteiger partial charge < -0.3 is 10.2 Å². The molecule has 2 heterocycles. The van der Waals surface area contributed by atoms with Gasteiger partial charge in [-0.3, -0.25) is 4.79 Å². The zero-order chi connectivity index (χ0) is 10.1. The van der Waals surface area contributed by atoms with E-state index in [0.29, 0.717) is 17.9 Å². The first-order valence-corrected chi connectivity index (χ1v) is 5.70. The second kappa shape index (κ2) is 3.89. The van der Waals surface area contributed by atoms with Gasteiger partial charge in [-0.1, -0.05) is 13.8 Å². The lowest BCUT2D eigenvalue weighted by Crippen LogP contribution is -2.41. The van der Waals surface area contributed by atoms with Gasteiger partial charge in [-0.05, 0) is 25.3 Å². The molecule has 0 unspecified atom stereocenters. The Bertz CT molecular complexity index is 213. The Kier molecular flexibility index (Phi) is 2.77. The topological polar surface area (TPSA) is 32.3 Å². The van der Waals surface area contributed by atoms with E-state index in [9.17, 15) is 4.79 Å². The third kappa shape index (κ3) is 1.78. The van der Waals surface area contributed by atoms with Crippen LogP contribution in [0, 0.1) is 11.8 Å². The van der Waals surface area contributed by atoms with E-state index in [4.69, 9.17) is 0 Å². The zero-order valence-corrected chi connectivity index (χ0v) is 9.12. The molecule has 0 radical (unpaired) electrons. The average Bonchev–Trinajstić information content (AvgIpc) is 2.59. The van der Waals surface area contributed by atoms with E-state index in [2.05, 4.69) is 5.32 Å². The minimum Gasteiger partial charge on any atom is -0.341 e. The van der Waals surface area contributed by atoms with Gasteiger partial charge >= 0.3 is 0 Å². The second-order valence-corrected chi connectivity index (χ2v) is 4.86. The molecule has 0 saturated carbocycles. The van der Waals surface area contributed by atoms with Crippen molar-refractivity contribution in [3.63, 3.8) is 0 Å². The molecule has 2 rings (SSSR count). The van der Waals surface area contributed by atoms with Gasteiger partial charge in [0.25, 0.3) is 0 Å². The molecule has 0 aliphatic carbocycles. The molecule has 0 aromatic carbocycles. The van der Waals surface area contributed by atoms with Gasteiger partial charge in [0.05, 0.1) is 0 Å². The zero-order valence-electron chi connectivity index (χ0n) is 9.12. The second-order valence-electron chi connectivity index (χ2n) is 4.86. The molecule has 0 aromatic rings. The van der Waals surface area contributed by atoms with E-state index in [1.54, 1.807) is 0 Å². The van der Waals surface area contributed by atoms with Gasteiger partial charge in [-0.2, -0.15) is 0 Å². The number of hydrogen-bond acceptors (Lipinski definition) is 2. The van der Waals surface area contributed by atoms with Crippen molar-refractivity contribution >= 4 is 5.91 Å². The summed E-state index contributed by atoms with van der Waals surface area (Å²) >= 11 is 0. The summed E-state index contributed by atoms with van der Waals surface area (Å²) in [6, 6.07) is 0.575. The molecule has 2 aliphatic rings. The van der Waals surface area contributed by atoms with Gasteiger partial charge in [0.15, 0.2) is 0 Å². The monoisotopic (exact) mass is 196 g/mol. The lowest BCUT2D eigenvalue weighted by atomic mass is 9.94. The van der Waals surface area contributed by atoms with Crippen LogP contribution in [-0.4, -0.2) is 36.5 Å². The van der Waals surface area contributed by atoms with Crippen molar-refractivity contribution in [3.05, 3.63) is 0 Å². The van der Waals surface area contributed by atoms with Crippen LogP contribution in [0.25, 0.3) is 0 Å². The van der Waals surface area contributed by atoms with Crippen LogP contribution in [-0.2, 0) is 4.79 Å². The minimum atomic E-state index is 0.148. The minimum absolute atomic E-state index is 0.148. The van der Waals surface area contributed by atoms with E-state index < -0.39 is 0 Å². The van der Waals surface area contributed by atoms with E-state index in [1.807, 2.05) is 18.7 Å². The van der Waals surface area contributed by atoms with Gasteiger partial charge in [-0.25, -0.2) is 0 Å². The summed E-state index contributed by atoms with van der Waals surface area (Å²) in [5, 5.41) is 3.51. The molecular formula is C11H20N2O. The van der Waals surface area contributed by atoms with Gasteiger partial charge in [0.2, 0.25) is 5.91 Å². The Morgan fingerprint density at radius 1 is 1.43 bits per heavy atom. The maximum atomic E-state index is 11.8. The quantitative estimate of drug-likeness (QED) is 0.674. The predicted octanol–water partition coefficient (Wildman–Crippen LogP) is 0.853. The molecule has 0 aromatic heterocycles.